The number of pyridine rings is 1. The third-order valence-electron chi connectivity index (χ3n) is 1.43. The Morgan fingerprint density at radius 3 is 3.00 bits per heavy atom. The summed E-state index contributed by atoms with van der Waals surface area (Å²) in [6.07, 6.45) is 3.51. The summed E-state index contributed by atoms with van der Waals surface area (Å²) in [6.45, 7) is 0. The Bertz CT molecular complexity index is 361. The molecular weight excluding hydrogens is 211 g/mol. The topological polar surface area (TPSA) is 65.2 Å². The third kappa shape index (κ3) is 2.43. The van der Waals surface area contributed by atoms with Crippen LogP contribution in [0.15, 0.2) is 18.3 Å². The van der Waals surface area contributed by atoms with Crippen molar-refractivity contribution in [3.05, 3.63) is 28.9 Å². The minimum Gasteiger partial charge on any atom is -0.383 e. The molecule has 0 saturated heterocycles. The third-order valence-corrected chi connectivity index (χ3v) is 1.76. The number of aromatic nitrogens is 1. The van der Waals surface area contributed by atoms with Crippen molar-refractivity contribution in [3.63, 3.8) is 0 Å². The Hall–Kier alpha value is -1.62. The summed E-state index contributed by atoms with van der Waals surface area (Å²) in [5, 5.41) is 0.320. The van der Waals surface area contributed by atoms with Crippen LogP contribution >= 0.6 is 11.6 Å². The molecule has 74 valence electrons. The molecule has 1 aromatic rings. The molecule has 0 fully saturated rings. The molecular formula is C8H6ClFN2O2. The number of nitrogens with zero attached hydrogens (tertiary/aromatic N) is 1. The number of carbonyl (C=O) groups excluding carboxylic acids is 1. The summed E-state index contributed by atoms with van der Waals surface area (Å²) in [5.41, 5.74) is 5.80. The summed E-state index contributed by atoms with van der Waals surface area (Å²) in [7, 11) is 0. The van der Waals surface area contributed by atoms with Gasteiger partial charge < -0.3 is 5.73 Å². The monoisotopic (exact) mass is 216 g/mol. The maximum absolute atomic E-state index is 11.3. The van der Waals surface area contributed by atoms with Crippen molar-refractivity contribution in [2.45, 2.75) is 0 Å². The summed E-state index contributed by atoms with van der Waals surface area (Å²) in [4.78, 5) is 17.1. The molecule has 0 unspecified atom stereocenters. The van der Waals surface area contributed by atoms with Gasteiger partial charge in [0.15, 0.2) is 0 Å². The zero-order valence-electron chi connectivity index (χ0n) is 6.91. The first-order chi connectivity index (χ1) is 6.65. The lowest BCUT2D eigenvalue weighted by atomic mass is 10.2. The minimum absolute atomic E-state index is 0.153. The Labute approximate surface area is 84.0 Å². The maximum atomic E-state index is 11.3. The number of anilines is 1. The summed E-state index contributed by atoms with van der Waals surface area (Å²) in [5.74, 6) is -0.982. The van der Waals surface area contributed by atoms with E-state index in [-0.39, 0.29) is 5.82 Å². The molecule has 2 N–H and O–H groups in total. The largest absolute Gasteiger partial charge is 0.383 e. The number of nitrogens with two attached hydrogens (primary N) is 1. The first-order valence-corrected chi connectivity index (χ1v) is 3.93. The lowest BCUT2D eigenvalue weighted by Gasteiger charge is -2.00. The zero-order valence-corrected chi connectivity index (χ0v) is 7.66. The van der Waals surface area contributed by atoms with Gasteiger partial charge in [0.1, 0.15) is 5.82 Å². The van der Waals surface area contributed by atoms with Gasteiger partial charge in [0, 0.05) is 22.4 Å². The standard InChI is InChI=1S/C8H6ClFN2O2/c9-6-3-4-12-8(11)5(6)1-2-7(13)14-10/h1-4H,(H2,11,12)/b2-1+. The molecule has 0 aliphatic carbocycles. The fraction of sp³-hybridized carbons (Fsp3) is 0. The molecule has 0 aromatic carbocycles. The highest BCUT2D eigenvalue weighted by Gasteiger charge is 2.03. The highest BCUT2D eigenvalue weighted by Crippen LogP contribution is 2.20. The van der Waals surface area contributed by atoms with E-state index in [4.69, 9.17) is 17.3 Å². The van der Waals surface area contributed by atoms with Crippen molar-refractivity contribution in [2.24, 2.45) is 0 Å². The molecule has 0 radical (unpaired) electrons. The quantitative estimate of drug-likeness (QED) is 0.765. The number of hydrogen-bond acceptors (Lipinski definition) is 4. The smallest absolute Gasteiger partial charge is 0.372 e. The van der Waals surface area contributed by atoms with Crippen LogP contribution in [0, 0.1) is 0 Å². The number of hydrogen-bond donors (Lipinski definition) is 1. The van der Waals surface area contributed by atoms with Gasteiger partial charge in [0.25, 0.3) is 0 Å². The van der Waals surface area contributed by atoms with Crippen LogP contribution in [0.25, 0.3) is 6.08 Å². The minimum atomic E-state index is -1.13. The van der Waals surface area contributed by atoms with E-state index in [1.54, 1.807) is 0 Å². The zero-order chi connectivity index (χ0) is 10.6. The number of carbonyl (C=O) groups is 1. The first-order valence-electron chi connectivity index (χ1n) is 3.55. The van der Waals surface area contributed by atoms with Crippen LogP contribution in [-0.4, -0.2) is 11.0 Å². The van der Waals surface area contributed by atoms with Crippen molar-refractivity contribution in [2.75, 3.05) is 5.73 Å². The second kappa shape index (κ2) is 4.57. The van der Waals surface area contributed by atoms with Crippen LogP contribution in [0.3, 0.4) is 0 Å². The van der Waals surface area contributed by atoms with E-state index < -0.39 is 5.97 Å². The molecule has 0 amide bonds. The Kier molecular flexibility index (Phi) is 3.41. The van der Waals surface area contributed by atoms with Gasteiger partial charge in [-0.05, 0) is 12.1 Å². The summed E-state index contributed by atoms with van der Waals surface area (Å²) in [6, 6.07) is 1.50. The van der Waals surface area contributed by atoms with Crippen LogP contribution in [-0.2, 0) is 9.74 Å². The fourth-order valence-electron chi connectivity index (χ4n) is 0.807. The lowest BCUT2D eigenvalue weighted by molar-refractivity contribution is -0.176. The molecule has 0 spiro atoms. The molecule has 0 bridgehead atoms. The Morgan fingerprint density at radius 2 is 2.43 bits per heavy atom. The Balaban J connectivity index is 2.96. The normalized spacial score (nSPS) is 10.4. The van der Waals surface area contributed by atoms with Crippen molar-refractivity contribution < 1.29 is 14.3 Å². The van der Waals surface area contributed by atoms with Gasteiger partial charge in [-0.25, -0.2) is 9.78 Å². The molecule has 0 saturated carbocycles. The molecule has 1 heterocycles. The average Bonchev–Trinajstić information content (AvgIpc) is 2.16. The van der Waals surface area contributed by atoms with E-state index in [0.29, 0.717) is 10.6 Å². The van der Waals surface area contributed by atoms with Crippen LogP contribution in [0.4, 0.5) is 10.3 Å². The maximum Gasteiger partial charge on any atom is 0.372 e. The summed E-state index contributed by atoms with van der Waals surface area (Å²) < 4.78 is 11.3. The summed E-state index contributed by atoms with van der Waals surface area (Å²) >= 11 is 5.74. The predicted molar refractivity (Wildman–Crippen MR) is 49.9 cm³/mol. The van der Waals surface area contributed by atoms with Crippen molar-refractivity contribution >= 4 is 29.5 Å². The molecule has 14 heavy (non-hydrogen) atoms. The molecule has 6 heteroatoms. The van der Waals surface area contributed by atoms with Crippen LogP contribution in [0.5, 0.6) is 0 Å². The lowest BCUT2D eigenvalue weighted by Crippen LogP contribution is -1.95. The molecule has 4 nitrogen and oxygen atoms in total. The van der Waals surface area contributed by atoms with Crippen LogP contribution < -0.4 is 5.73 Å². The van der Waals surface area contributed by atoms with E-state index in [1.165, 1.54) is 18.3 Å². The van der Waals surface area contributed by atoms with Gasteiger partial charge in [-0.2, -0.15) is 0 Å². The van der Waals surface area contributed by atoms with Crippen molar-refractivity contribution in [1.82, 2.24) is 4.98 Å². The molecule has 0 aliphatic heterocycles. The number of halogens is 2. The van der Waals surface area contributed by atoms with Gasteiger partial charge >= 0.3 is 5.97 Å². The second-order valence-corrected chi connectivity index (χ2v) is 2.73. The Morgan fingerprint density at radius 1 is 1.71 bits per heavy atom. The number of nitrogen functional groups attached to an aromatic ring is 1. The van der Waals surface area contributed by atoms with Gasteiger partial charge in [0.2, 0.25) is 0 Å². The molecule has 0 atom stereocenters. The highest BCUT2D eigenvalue weighted by molar-refractivity contribution is 6.32. The number of rotatable bonds is 2. The average molecular weight is 217 g/mol. The molecule has 0 aliphatic rings. The van der Waals surface area contributed by atoms with E-state index in [9.17, 15) is 9.32 Å². The van der Waals surface area contributed by atoms with Gasteiger partial charge in [-0.3, -0.25) is 4.94 Å². The van der Waals surface area contributed by atoms with Gasteiger partial charge in [-0.15, -0.1) is 0 Å². The van der Waals surface area contributed by atoms with E-state index in [1.807, 2.05) is 0 Å². The van der Waals surface area contributed by atoms with Crippen LogP contribution in [0.2, 0.25) is 5.02 Å². The van der Waals surface area contributed by atoms with E-state index in [0.717, 1.165) is 6.08 Å². The first kappa shape index (κ1) is 10.5. The SMILES string of the molecule is Nc1nccc(Cl)c1/C=C/C(=O)OF. The highest BCUT2D eigenvalue weighted by atomic mass is 35.5. The van der Waals surface area contributed by atoms with Gasteiger partial charge in [0.05, 0.1) is 5.02 Å². The van der Waals surface area contributed by atoms with Crippen molar-refractivity contribution in [3.8, 4) is 0 Å². The van der Waals surface area contributed by atoms with Crippen LogP contribution in [0.1, 0.15) is 5.56 Å². The van der Waals surface area contributed by atoms with Crippen molar-refractivity contribution in [1.29, 1.82) is 0 Å². The molecule has 1 rings (SSSR count). The van der Waals surface area contributed by atoms with E-state index in [2.05, 4.69) is 9.93 Å². The molecule has 1 aromatic heterocycles. The van der Waals surface area contributed by atoms with Gasteiger partial charge in [-0.1, -0.05) is 11.6 Å². The van der Waals surface area contributed by atoms with E-state index >= 15 is 0 Å². The fourth-order valence-corrected chi connectivity index (χ4v) is 1.02. The predicted octanol–water partition coefficient (Wildman–Crippen LogP) is 1.76. The second-order valence-electron chi connectivity index (χ2n) is 2.32.